The molecule has 3 aliphatic rings. The smallest absolute Gasteiger partial charge is 0.410 e. The molecular formula is C32H39FN4O3. The minimum absolute atomic E-state index is 0.191. The molecule has 6 rings (SSSR count). The molecule has 212 valence electrons. The molecule has 0 atom stereocenters. The number of hydrogen-bond donors (Lipinski definition) is 2. The number of piperidine rings is 1. The van der Waals surface area contributed by atoms with Gasteiger partial charge in [0.2, 0.25) is 0 Å². The van der Waals surface area contributed by atoms with Crippen LogP contribution in [0.2, 0.25) is 0 Å². The van der Waals surface area contributed by atoms with Crippen molar-refractivity contribution in [2.45, 2.75) is 71.1 Å². The Morgan fingerprint density at radius 1 is 1.15 bits per heavy atom. The van der Waals surface area contributed by atoms with Crippen molar-refractivity contribution in [3.63, 3.8) is 0 Å². The van der Waals surface area contributed by atoms with Crippen molar-refractivity contribution in [1.82, 2.24) is 20.1 Å². The number of benzene rings is 2. The first-order valence-corrected chi connectivity index (χ1v) is 14.4. The van der Waals surface area contributed by atoms with Gasteiger partial charge >= 0.3 is 6.09 Å². The number of amides is 2. The maximum Gasteiger partial charge on any atom is 0.410 e. The van der Waals surface area contributed by atoms with Gasteiger partial charge in [-0.3, -0.25) is 9.69 Å². The van der Waals surface area contributed by atoms with E-state index in [1.807, 2.05) is 25.7 Å². The zero-order valence-corrected chi connectivity index (χ0v) is 23.9. The maximum absolute atomic E-state index is 14.2. The van der Waals surface area contributed by atoms with Gasteiger partial charge in [0.25, 0.3) is 5.91 Å². The highest BCUT2D eigenvalue weighted by molar-refractivity contribution is 6.10. The van der Waals surface area contributed by atoms with Crippen LogP contribution in [0.25, 0.3) is 22.2 Å². The van der Waals surface area contributed by atoms with Crippen molar-refractivity contribution >= 4 is 22.9 Å². The molecule has 3 aromatic rings. The number of rotatable bonds is 4. The molecule has 2 amide bonds. The lowest BCUT2D eigenvalue weighted by atomic mass is 9.60. The fourth-order valence-corrected chi connectivity index (χ4v) is 6.78. The lowest BCUT2D eigenvalue weighted by molar-refractivity contribution is -0.0434. The lowest BCUT2D eigenvalue weighted by Gasteiger charge is -2.54. The first kappa shape index (κ1) is 26.8. The van der Waals surface area contributed by atoms with Crippen molar-refractivity contribution in [3.8, 4) is 11.3 Å². The van der Waals surface area contributed by atoms with E-state index in [0.717, 1.165) is 54.7 Å². The number of hydrogen-bond acceptors (Lipinski definition) is 4. The summed E-state index contributed by atoms with van der Waals surface area (Å²) in [5, 5.41) is 3.71. The molecule has 2 fully saturated rings. The fraction of sp³-hybridized carbons (Fsp3) is 0.500. The van der Waals surface area contributed by atoms with E-state index in [4.69, 9.17) is 4.74 Å². The molecular weight excluding hydrogens is 507 g/mol. The van der Waals surface area contributed by atoms with Crippen LogP contribution in [0.5, 0.6) is 0 Å². The van der Waals surface area contributed by atoms with Crippen molar-refractivity contribution in [3.05, 3.63) is 58.9 Å². The SMILES string of the molecule is CN(Cc1ccc(-c2[nH]c3cc(F)cc4c3c2CCNC4=O)cc1)C1CC2(CCN(C(=O)OC(C)(C)C)CC2)C1. The molecule has 3 heterocycles. The third-order valence-corrected chi connectivity index (χ3v) is 8.98. The van der Waals surface area contributed by atoms with Crippen LogP contribution < -0.4 is 5.32 Å². The molecule has 2 aromatic carbocycles. The Labute approximate surface area is 235 Å². The summed E-state index contributed by atoms with van der Waals surface area (Å²) < 4.78 is 19.8. The quantitative estimate of drug-likeness (QED) is 0.429. The highest BCUT2D eigenvalue weighted by Crippen LogP contribution is 2.51. The van der Waals surface area contributed by atoms with Crippen molar-refractivity contribution in [2.75, 3.05) is 26.7 Å². The summed E-state index contributed by atoms with van der Waals surface area (Å²) in [5.74, 6) is -0.637. The molecule has 1 aromatic heterocycles. The summed E-state index contributed by atoms with van der Waals surface area (Å²) in [6, 6.07) is 11.9. The molecule has 7 nitrogen and oxygen atoms in total. The molecule has 0 unspecified atom stereocenters. The second kappa shape index (κ2) is 9.91. The highest BCUT2D eigenvalue weighted by atomic mass is 19.1. The molecule has 0 bridgehead atoms. The summed E-state index contributed by atoms with van der Waals surface area (Å²) in [7, 11) is 2.20. The van der Waals surface area contributed by atoms with Crippen LogP contribution in [0.1, 0.15) is 67.9 Å². The zero-order valence-electron chi connectivity index (χ0n) is 23.9. The monoisotopic (exact) mass is 546 g/mol. The average molecular weight is 547 g/mol. The minimum atomic E-state index is -0.457. The Hall–Kier alpha value is -3.39. The van der Waals surface area contributed by atoms with E-state index in [1.165, 1.54) is 30.5 Å². The summed E-state index contributed by atoms with van der Waals surface area (Å²) >= 11 is 0. The number of halogens is 1. The molecule has 1 aliphatic carbocycles. The van der Waals surface area contributed by atoms with Crippen LogP contribution in [-0.4, -0.2) is 65.1 Å². The second-order valence-electron chi connectivity index (χ2n) is 13.0. The van der Waals surface area contributed by atoms with Crippen molar-refractivity contribution in [1.29, 1.82) is 0 Å². The minimum Gasteiger partial charge on any atom is -0.444 e. The van der Waals surface area contributed by atoms with E-state index in [-0.39, 0.29) is 12.0 Å². The van der Waals surface area contributed by atoms with E-state index in [1.54, 1.807) is 0 Å². The molecule has 1 saturated carbocycles. The van der Waals surface area contributed by atoms with Gasteiger partial charge in [-0.15, -0.1) is 0 Å². The highest BCUT2D eigenvalue weighted by Gasteiger charge is 2.47. The van der Waals surface area contributed by atoms with Gasteiger partial charge in [-0.2, -0.15) is 0 Å². The third-order valence-electron chi connectivity index (χ3n) is 8.98. The number of ether oxygens (including phenoxy) is 1. The van der Waals surface area contributed by atoms with Crippen LogP contribution >= 0.6 is 0 Å². The van der Waals surface area contributed by atoms with Gasteiger partial charge in [0.1, 0.15) is 11.4 Å². The maximum atomic E-state index is 14.2. The standard InChI is InChI=1S/C32H39FN4O3/c1-31(2,3)40-30(39)37-13-10-32(11-14-37)17-23(18-32)36(4)19-20-5-7-21(8-6-20)28-24-9-12-34-29(38)25-15-22(33)16-26(35-28)27(24)25/h5-8,15-16,23,35H,9-14,17-19H2,1-4H3,(H,34,38). The Kier molecular flexibility index (Phi) is 6.64. The van der Waals surface area contributed by atoms with Crippen LogP contribution in [0, 0.1) is 11.2 Å². The van der Waals surface area contributed by atoms with Gasteiger partial charge in [-0.1, -0.05) is 24.3 Å². The Morgan fingerprint density at radius 3 is 2.52 bits per heavy atom. The molecule has 1 spiro atoms. The van der Waals surface area contributed by atoms with E-state index in [2.05, 4.69) is 46.5 Å². The van der Waals surface area contributed by atoms with Gasteiger partial charge in [0.15, 0.2) is 0 Å². The third kappa shape index (κ3) is 5.09. The Bertz CT molecular complexity index is 1440. The number of carbonyl (C=O) groups is 2. The zero-order chi connectivity index (χ0) is 28.2. The molecule has 0 radical (unpaired) electrons. The van der Waals surface area contributed by atoms with Crippen LogP contribution in [0.3, 0.4) is 0 Å². The molecule has 40 heavy (non-hydrogen) atoms. The predicted octanol–water partition coefficient (Wildman–Crippen LogP) is 5.87. The fourth-order valence-electron chi connectivity index (χ4n) is 6.78. The van der Waals surface area contributed by atoms with E-state index in [9.17, 15) is 14.0 Å². The topological polar surface area (TPSA) is 77.7 Å². The number of nitrogens with one attached hydrogen (secondary N) is 2. The van der Waals surface area contributed by atoms with Crippen molar-refractivity contribution in [2.24, 2.45) is 5.41 Å². The molecule has 8 heteroatoms. The van der Waals surface area contributed by atoms with E-state index < -0.39 is 11.4 Å². The van der Waals surface area contributed by atoms with Crippen molar-refractivity contribution < 1.29 is 18.7 Å². The first-order valence-electron chi connectivity index (χ1n) is 14.4. The first-order chi connectivity index (χ1) is 19.0. The predicted molar refractivity (Wildman–Crippen MR) is 154 cm³/mol. The van der Waals surface area contributed by atoms with E-state index >= 15 is 0 Å². The summed E-state index contributed by atoms with van der Waals surface area (Å²) in [6.45, 7) is 8.69. The average Bonchev–Trinajstić information content (AvgIpc) is 3.15. The Balaban J connectivity index is 1.08. The number of likely N-dealkylation sites (tertiary alicyclic amines) is 1. The number of carbonyl (C=O) groups excluding carboxylic acids is 2. The lowest BCUT2D eigenvalue weighted by Crippen LogP contribution is -2.55. The summed E-state index contributed by atoms with van der Waals surface area (Å²) in [4.78, 5) is 32.6. The summed E-state index contributed by atoms with van der Waals surface area (Å²) in [5.41, 5.74) is 5.26. The van der Waals surface area contributed by atoms with Gasteiger partial charge in [0, 0.05) is 48.8 Å². The largest absolute Gasteiger partial charge is 0.444 e. The van der Waals surface area contributed by atoms with Gasteiger partial charge in [-0.25, -0.2) is 9.18 Å². The van der Waals surface area contributed by atoms with Crippen LogP contribution in [0.15, 0.2) is 36.4 Å². The van der Waals surface area contributed by atoms with Gasteiger partial charge in [-0.05, 0) is 94.2 Å². The number of aromatic nitrogens is 1. The molecule has 2 aliphatic heterocycles. The summed E-state index contributed by atoms with van der Waals surface area (Å²) in [6.07, 6.45) is 4.95. The number of aromatic amines is 1. The number of nitrogens with zero attached hydrogens (tertiary/aromatic N) is 2. The second-order valence-corrected chi connectivity index (χ2v) is 13.0. The van der Waals surface area contributed by atoms with E-state index in [0.29, 0.717) is 35.5 Å². The normalized spacial score (nSPS) is 19.1. The van der Waals surface area contributed by atoms with Gasteiger partial charge in [0.05, 0.1) is 5.56 Å². The molecule has 2 N–H and O–H groups in total. The van der Waals surface area contributed by atoms with Crippen LogP contribution in [0.4, 0.5) is 9.18 Å². The molecule has 1 saturated heterocycles. The Morgan fingerprint density at radius 2 is 1.85 bits per heavy atom. The number of H-pyrrole nitrogens is 1. The van der Waals surface area contributed by atoms with Gasteiger partial charge < -0.3 is 19.9 Å². The van der Waals surface area contributed by atoms with Crippen LogP contribution in [-0.2, 0) is 17.7 Å².